The van der Waals surface area contributed by atoms with Crippen LogP contribution in [-0.4, -0.2) is 42.1 Å². The van der Waals surface area contributed by atoms with Crippen LogP contribution in [0.25, 0.3) is 0 Å². The van der Waals surface area contributed by atoms with Crippen molar-refractivity contribution in [3.05, 3.63) is 35.9 Å². The van der Waals surface area contributed by atoms with Gasteiger partial charge in [0.1, 0.15) is 6.04 Å². The third kappa shape index (κ3) is 1.89. The van der Waals surface area contributed by atoms with Crippen molar-refractivity contribution in [2.45, 2.75) is 31.0 Å². The second-order valence-corrected chi connectivity index (χ2v) is 5.30. The number of hydrogen-bond donors (Lipinski definition) is 1. The number of hydrogen-bond acceptors (Lipinski definition) is 3. The third-order valence-corrected chi connectivity index (χ3v) is 4.18. The van der Waals surface area contributed by atoms with E-state index in [-0.39, 0.29) is 11.8 Å². The molecule has 0 saturated carbocycles. The smallest absolute Gasteiger partial charge is 0.274 e. The highest BCUT2D eigenvalue weighted by Gasteiger charge is 2.55. The SMILES string of the molecule is CO[C@]12CCCN1C(=O)[C@H](Cc1ccccc1)NC2=O. The number of amides is 2. The van der Waals surface area contributed by atoms with E-state index >= 15 is 0 Å². The first-order valence-corrected chi connectivity index (χ1v) is 6.89. The molecular weight excluding hydrogens is 256 g/mol. The molecule has 2 heterocycles. The molecule has 1 N–H and O–H groups in total. The van der Waals surface area contributed by atoms with Crippen LogP contribution in [0.15, 0.2) is 30.3 Å². The number of carbonyl (C=O) groups is 2. The van der Waals surface area contributed by atoms with Crippen LogP contribution in [0.2, 0.25) is 0 Å². The zero-order valence-corrected chi connectivity index (χ0v) is 11.5. The topological polar surface area (TPSA) is 58.6 Å². The number of rotatable bonds is 3. The van der Waals surface area contributed by atoms with Gasteiger partial charge in [0.25, 0.3) is 5.91 Å². The second-order valence-electron chi connectivity index (χ2n) is 5.30. The van der Waals surface area contributed by atoms with Gasteiger partial charge in [-0.1, -0.05) is 30.3 Å². The van der Waals surface area contributed by atoms with Crippen LogP contribution in [0.3, 0.4) is 0 Å². The maximum absolute atomic E-state index is 12.6. The first-order chi connectivity index (χ1) is 9.67. The van der Waals surface area contributed by atoms with Crippen molar-refractivity contribution in [1.82, 2.24) is 10.2 Å². The maximum atomic E-state index is 12.6. The van der Waals surface area contributed by atoms with Gasteiger partial charge in [-0.3, -0.25) is 9.59 Å². The van der Waals surface area contributed by atoms with E-state index in [4.69, 9.17) is 4.74 Å². The number of methoxy groups -OCH3 is 1. The molecule has 0 unspecified atom stereocenters. The monoisotopic (exact) mass is 274 g/mol. The average Bonchev–Trinajstić information content (AvgIpc) is 2.91. The molecule has 2 atom stereocenters. The lowest BCUT2D eigenvalue weighted by Crippen LogP contribution is -2.69. The van der Waals surface area contributed by atoms with Crippen LogP contribution in [0.5, 0.6) is 0 Å². The Hall–Kier alpha value is -1.88. The van der Waals surface area contributed by atoms with E-state index in [9.17, 15) is 9.59 Å². The minimum absolute atomic E-state index is 0.0483. The summed E-state index contributed by atoms with van der Waals surface area (Å²) in [6.45, 7) is 0.589. The van der Waals surface area contributed by atoms with E-state index in [0.717, 1.165) is 12.0 Å². The summed E-state index contributed by atoms with van der Waals surface area (Å²) in [5.74, 6) is -0.245. The number of benzene rings is 1. The number of piperazine rings is 1. The van der Waals surface area contributed by atoms with Gasteiger partial charge < -0.3 is 15.0 Å². The molecule has 2 saturated heterocycles. The molecule has 0 radical (unpaired) electrons. The fourth-order valence-corrected chi connectivity index (χ4v) is 3.13. The highest BCUT2D eigenvalue weighted by atomic mass is 16.5. The van der Waals surface area contributed by atoms with Crippen molar-refractivity contribution in [1.29, 1.82) is 0 Å². The predicted octanol–water partition coefficient (Wildman–Crippen LogP) is 0.693. The van der Waals surface area contributed by atoms with Gasteiger partial charge in [0.15, 0.2) is 0 Å². The minimum atomic E-state index is -1.08. The lowest BCUT2D eigenvalue weighted by Gasteiger charge is -2.42. The van der Waals surface area contributed by atoms with Crippen LogP contribution < -0.4 is 5.32 Å². The molecule has 3 rings (SSSR count). The zero-order valence-electron chi connectivity index (χ0n) is 11.5. The normalized spacial score (nSPS) is 29.2. The number of nitrogens with one attached hydrogen (secondary N) is 1. The van der Waals surface area contributed by atoms with Crippen molar-refractivity contribution in [2.75, 3.05) is 13.7 Å². The minimum Gasteiger partial charge on any atom is -0.350 e. The van der Waals surface area contributed by atoms with E-state index in [1.807, 2.05) is 30.3 Å². The van der Waals surface area contributed by atoms with E-state index in [2.05, 4.69) is 5.32 Å². The summed E-state index contributed by atoms with van der Waals surface area (Å²) in [6, 6.07) is 9.22. The van der Waals surface area contributed by atoms with Gasteiger partial charge in [-0.2, -0.15) is 0 Å². The van der Waals surface area contributed by atoms with Gasteiger partial charge in [-0.25, -0.2) is 0 Å². The Kier molecular flexibility index (Phi) is 3.22. The Morgan fingerprint density at radius 1 is 1.35 bits per heavy atom. The molecule has 106 valence electrons. The molecule has 0 bridgehead atoms. The van der Waals surface area contributed by atoms with Crippen molar-refractivity contribution in [3.63, 3.8) is 0 Å². The van der Waals surface area contributed by atoms with Crippen LogP contribution in [0.1, 0.15) is 18.4 Å². The van der Waals surface area contributed by atoms with Crippen LogP contribution in [0.4, 0.5) is 0 Å². The van der Waals surface area contributed by atoms with E-state index in [1.165, 1.54) is 7.11 Å². The molecule has 20 heavy (non-hydrogen) atoms. The lowest BCUT2D eigenvalue weighted by atomic mass is 9.99. The number of carbonyl (C=O) groups excluding carboxylic acids is 2. The van der Waals surface area contributed by atoms with Gasteiger partial charge in [-0.15, -0.1) is 0 Å². The summed E-state index contributed by atoms with van der Waals surface area (Å²) in [6.07, 6.45) is 1.88. The lowest BCUT2D eigenvalue weighted by molar-refractivity contribution is -0.184. The fourth-order valence-electron chi connectivity index (χ4n) is 3.13. The second kappa shape index (κ2) is 4.90. The summed E-state index contributed by atoms with van der Waals surface area (Å²) < 4.78 is 5.38. The molecule has 5 nitrogen and oxygen atoms in total. The first-order valence-electron chi connectivity index (χ1n) is 6.89. The molecule has 0 spiro atoms. The first kappa shape index (κ1) is 13.1. The van der Waals surface area contributed by atoms with Gasteiger partial charge in [0.05, 0.1) is 0 Å². The Bertz CT molecular complexity index is 531. The summed E-state index contributed by atoms with van der Waals surface area (Å²) >= 11 is 0. The molecule has 5 heteroatoms. The average molecular weight is 274 g/mol. The van der Waals surface area contributed by atoms with Crippen LogP contribution in [-0.2, 0) is 20.7 Å². The predicted molar refractivity (Wildman–Crippen MR) is 72.8 cm³/mol. The van der Waals surface area contributed by atoms with Crippen LogP contribution in [0, 0.1) is 0 Å². The number of ether oxygens (including phenoxy) is 1. The molecular formula is C15H18N2O3. The van der Waals surface area contributed by atoms with Gasteiger partial charge >= 0.3 is 0 Å². The summed E-state index contributed by atoms with van der Waals surface area (Å²) in [5.41, 5.74) is -0.0418. The molecule has 0 aliphatic carbocycles. The maximum Gasteiger partial charge on any atom is 0.274 e. The Morgan fingerprint density at radius 2 is 2.10 bits per heavy atom. The number of fused-ring (bicyclic) bond motifs is 1. The van der Waals surface area contributed by atoms with Gasteiger partial charge in [0, 0.05) is 26.5 Å². The summed E-state index contributed by atoms with van der Waals surface area (Å²) in [5, 5.41) is 2.82. The van der Waals surface area contributed by atoms with Crippen molar-refractivity contribution in [2.24, 2.45) is 0 Å². The molecule has 1 aromatic rings. The Labute approximate surface area is 117 Å². The molecule has 2 aliphatic rings. The molecule has 2 aliphatic heterocycles. The Morgan fingerprint density at radius 3 is 2.80 bits per heavy atom. The van der Waals surface area contributed by atoms with Crippen molar-refractivity contribution < 1.29 is 14.3 Å². The summed E-state index contributed by atoms with van der Waals surface area (Å²) in [7, 11) is 1.49. The number of nitrogens with zero attached hydrogens (tertiary/aromatic N) is 1. The fraction of sp³-hybridized carbons (Fsp3) is 0.467. The zero-order chi connectivity index (χ0) is 14.2. The van der Waals surface area contributed by atoms with Crippen LogP contribution >= 0.6 is 0 Å². The standard InChI is InChI=1S/C15H18N2O3/c1-20-15-8-5-9-17(15)13(18)12(16-14(15)19)10-11-6-3-2-4-7-11/h2-4,6-7,12H,5,8-10H2,1H3,(H,16,19)/t12-,15-/m0/s1. The van der Waals surface area contributed by atoms with Gasteiger partial charge in [-0.05, 0) is 12.0 Å². The van der Waals surface area contributed by atoms with Crippen molar-refractivity contribution in [3.8, 4) is 0 Å². The molecule has 2 amide bonds. The largest absolute Gasteiger partial charge is 0.350 e. The Balaban J connectivity index is 1.83. The van der Waals surface area contributed by atoms with E-state index < -0.39 is 11.8 Å². The van der Waals surface area contributed by atoms with E-state index in [1.54, 1.807) is 4.90 Å². The molecule has 0 aromatic heterocycles. The third-order valence-electron chi connectivity index (χ3n) is 4.18. The van der Waals surface area contributed by atoms with Crippen molar-refractivity contribution >= 4 is 11.8 Å². The van der Waals surface area contributed by atoms with Gasteiger partial charge in [0.2, 0.25) is 11.6 Å². The van der Waals surface area contributed by atoms with E-state index in [0.29, 0.717) is 19.4 Å². The highest BCUT2D eigenvalue weighted by Crippen LogP contribution is 2.34. The molecule has 1 aromatic carbocycles. The molecule has 2 fully saturated rings. The quantitative estimate of drug-likeness (QED) is 0.882. The highest BCUT2D eigenvalue weighted by molar-refractivity contribution is 5.99. The summed E-state index contributed by atoms with van der Waals surface area (Å²) in [4.78, 5) is 26.5.